The van der Waals surface area contributed by atoms with Crippen LogP contribution in [0.3, 0.4) is 0 Å². The number of hydrogen-bond donors (Lipinski definition) is 2. The van der Waals surface area contributed by atoms with Crippen LogP contribution >= 0.6 is 0 Å². The van der Waals surface area contributed by atoms with Crippen molar-refractivity contribution in [1.29, 1.82) is 0 Å². The van der Waals surface area contributed by atoms with Crippen LogP contribution in [0.25, 0.3) is 5.76 Å². The summed E-state index contributed by atoms with van der Waals surface area (Å²) in [6, 6.07) is 18.4. The van der Waals surface area contributed by atoms with Gasteiger partial charge < -0.3 is 14.9 Å². The molecular formula is C31H31NO6. The summed E-state index contributed by atoms with van der Waals surface area (Å²) >= 11 is 0. The van der Waals surface area contributed by atoms with Crippen LogP contribution in [0.4, 0.5) is 5.69 Å². The van der Waals surface area contributed by atoms with E-state index in [0.717, 1.165) is 24.0 Å². The van der Waals surface area contributed by atoms with Gasteiger partial charge in [-0.1, -0.05) is 50.2 Å². The van der Waals surface area contributed by atoms with Crippen molar-refractivity contribution in [3.63, 3.8) is 0 Å². The molecule has 1 aliphatic rings. The molecule has 1 atom stereocenters. The van der Waals surface area contributed by atoms with Crippen LogP contribution in [-0.2, 0) is 27.2 Å². The number of Topliss-reactive ketones (excluding diaryl/α,β-unsaturated/α-hetero) is 1. The minimum Gasteiger partial charge on any atom is -0.507 e. The molecule has 3 aromatic carbocycles. The lowest BCUT2D eigenvalue weighted by Crippen LogP contribution is -2.29. The highest BCUT2D eigenvalue weighted by atomic mass is 16.5. The second-order valence-corrected chi connectivity index (χ2v) is 9.33. The molecule has 2 N–H and O–H groups in total. The highest BCUT2D eigenvalue weighted by molar-refractivity contribution is 6.51. The van der Waals surface area contributed by atoms with E-state index in [9.17, 15) is 19.5 Å². The van der Waals surface area contributed by atoms with Crippen LogP contribution in [0.1, 0.15) is 54.1 Å². The summed E-state index contributed by atoms with van der Waals surface area (Å²) in [6.45, 7) is 6.48. The first-order valence-corrected chi connectivity index (χ1v) is 12.7. The third kappa shape index (κ3) is 5.32. The van der Waals surface area contributed by atoms with Crippen LogP contribution in [-0.4, -0.2) is 34.5 Å². The van der Waals surface area contributed by atoms with Gasteiger partial charge in [-0.2, -0.15) is 0 Å². The summed E-state index contributed by atoms with van der Waals surface area (Å²) in [5, 5.41) is 20.5. The molecule has 0 spiro atoms. The van der Waals surface area contributed by atoms with Crippen LogP contribution < -0.4 is 9.64 Å². The van der Waals surface area contributed by atoms with Gasteiger partial charge in [0, 0.05) is 11.3 Å². The average molecular weight is 514 g/mol. The predicted molar refractivity (Wildman–Crippen MR) is 145 cm³/mol. The molecule has 0 aromatic heterocycles. The number of aliphatic carboxylic acids is 1. The monoisotopic (exact) mass is 513 g/mol. The Hall–Kier alpha value is -4.39. The summed E-state index contributed by atoms with van der Waals surface area (Å²) < 4.78 is 5.74. The molecule has 1 amide bonds. The molecule has 1 aliphatic heterocycles. The van der Waals surface area contributed by atoms with Gasteiger partial charge in [0.15, 0.2) is 0 Å². The number of amides is 1. The van der Waals surface area contributed by atoms with E-state index in [0.29, 0.717) is 34.7 Å². The number of carboxylic acid groups (broad SMARTS) is 1. The third-order valence-electron chi connectivity index (χ3n) is 6.63. The molecule has 1 heterocycles. The lowest BCUT2D eigenvalue weighted by atomic mass is 9.93. The quantitative estimate of drug-likeness (QED) is 0.219. The Bertz CT molecular complexity index is 1390. The highest BCUT2D eigenvalue weighted by Gasteiger charge is 2.47. The number of ether oxygens (including phenoxy) is 1. The summed E-state index contributed by atoms with van der Waals surface area (Å²) in [5.41, 5.74) is 3.99. The molecule has 7 nitrogen and oxygen atoms in total. The molecule has 7 heteroatoms. The van der Waals surface area contributed by atoms with E-state index in [1.54, 1.807) is 42.5 Å². The van der Waals surface area contributed by atoms with Crippen LogP contribution in [0, 0.1) is 6.92 Å². The second kappa shape index (κ2) is 11.3. The molecule has 1 fully saturated rings. The average Bonchev–Trinajstić information content (AvgIpc) is 3.17. The molecule has 1 saturated heterocycles. The molecule has 0 aliphatic carbocycles. The Morgan fingerprint density at radius 3 is 2.16 bits per heavy atom. The first kappa shape index (κ1) is 26.7. The van der Waals surface area contributed by atoms with Gasteiger partial charge in [0.05, 0.1) is 24.6 Å². The first-order valence-electron chi connectivity index (χ1n) is 12.7. The van der Waals surface area contributed by atoms with E-state index in [1.165, 1.54) is 4.90 Å². The lowest BCUT2D eigenvalue weighted by molar-refractivity contribution is -0.136. The van der Waals surface area contributed by atoms with Crippen molar-refractivity contribution in [2.24, 2.45) is 0 Å². The van der Waals surface area contributed by atoms with Gasteiger partial charge in [0.2, 0.25) is 0 Å². The fourth-order valence-corrected chi connectivity index (χ4v) is 4.63. The maximum atomic E-state index is 13.4. The maximum absolute atomic E-state index is 13.4. The topological polar surface area (TPSA) is 104 Å². The number of rotatable bonds is 9. The van der Waals surface area contributed by atoms with E-state index in [-0.39, 0.29) is 17.8 Å². The van der Waals surface area contributed by atoms with Crippen molar-refractivity contribution in [2.75, 3.05) is 11.5 Å². The number of nitrogens with zero attached hydrogens (tertiary/aromatic N) is 1. The first-order chi connectivity index (χ1) is 18.2. The van der Waals surface area contributed by atoms with Crippen LogP contribution in [0.15, 0.2) is 72.3 Å². The van der Waals surface area contributed by atoms with Crippen molar-refractivity contribution >= 4 is 29.1 Å². The maximum Gasteiger partial charge on any atom is 0.307 e. The molecule has 0 bridgehead atoms. The van der Waals surface area contributed by atoms with E-state index in [2.05, 4.69) is 0 Å². The molecule has 0 saturated carbocycles. The number of anilines is 1. The minimum atomic E-state index is -0.962. The normalized spacial score (nSPS) is 16.6. The summed E-state index contributed by atoms with van der Waals surface area (Å²) in [7, 11) is 0. The number of aliphatic hydroxyl groups is 1. The smallest absolute Gasteiger partial charge is 0.307 e. The van der Waals surface area contributed by atoms with Crippen molar-refractivity contribution < 1.29 is 29.3 Å². The largest absolute Gasteiger partial charge is 0.507 e. The van der Waals surface area contributed by atoms with Crippen molar-refractivity contribution in [2.45, 2.75) is 46.1 Å². The fraction of sp³-hybridized carbons (Fsp3) is 0.258. The van der Waals surface area contributed by atoms with Gasteiger partial charge in [0.25, 0.3) is 11.7 Å². The minimum absolute atomic E-state index is 0.00418. The second-order valence-electron chi connectivity index (χ2n) is 9.33. The number of carbonyl (C=O) groups excluding carboxylic acids is 2. The number of aliphatic hydroxyl groups excluding tert-OH is 1. The Labute approximate surface area is 222 Å². The van der Waals surface area contributed by atoms with Gasteiger partial charge in [-0.3, -0.25) is 19.3 Å². The Kier molecular flexibility index (Phi) is 7.96. The van der Waals surface area contributed by atoms with E-state index >= 15 is 0 Å². The number of carboxylic acids is 1. The van der Waals surface area contributed by atoms with Gasteiger partial charge in [-0.15, -0.1) is 0 Å². The van der Waals surface area contributed by atoms with Crippen molar-refractivity contribution in [3.05, 3.63) is 100 Å². The van der Waals surface area contributed by atoms with E-state index < -0.39 is 23.7 Å². The Morgan fingerprint density at radius 2 is 1.58 bits per heavy atom. The molecule has 38 heavy (non-hydrogen) atoms. The zero-order valence-corrected chi connectivity index (χ0v) is 21.7. The molecule has 0 radical (unpaired) electrons. The standard InChI is InChI=1S/C31H31NO6/c1-4-16-38-25-15-12-23(17-19(25)3)29(35)27-28(22-10-6-20(5-2)7-11-22)32(31(37)30(27)36)24-13-8-21(9-14-24)18-26(33)34/h6-15,17,28,35H,4-5,16,18H2,1-3H3,(H,33,34)/b29-27-. The number of ketones is 1. The number of benzene rings is 3. The number of carbonyl (C=O) groups is 3. The molecule has 4 rings (SSSR count). The van der Waals surface area contributed by atoms with Gasteiger partial charge in [0.1, 0.15) is 11.5 Å². The predicted octanol–water partition coefficient (Wildman–Crippen LogP) is 5.60. The molecule has 3 aromatic rings. The fourth-order valence-electron chi connectivity index (χ4n) is 4.63. The van der Waals surface area contributed by atoms with Gasteiger partial charge in [-0.05, 0) is 72.4 Å². The SMILES string of the molecule is CCCOc1ccc(/C(O)=C2/C(=O)C(=O)N(c3ccc(CC(=O)O)cc3)C2c2ccc(CC)cc2)cc1C. The molecule has 1 unspecified atom stereocenters. The summed E-state index contributed by atoms with van der Waals surface area (Å²) in [6.07, 6.45) is 1.54. The van der Waals surface area contributed by atoms with Crippen molar-refractivity contribution in [3.8, 4) is 5.75 Å². The zero-order chi connectivity index (χ0) is 27.4. The van der Waals surface area contributed by atoms with E-state index in [4.69, 9.17) is 9.84 Å². The summed E-state index contributed by atoms with van der Waals surface area (Å²) in [5.74, 6) is -2.08. The van der Waals surface area contributed by atoms with Crippen molar-refractivity contribution in [1.82, 2.24) is 0 Å². The van der Waals surface area contributed by atoms with Gasteiger partial charge >= 0.3 is 5.97 Å². The Balaban J connectivity index is 1.83. The van der Waals surface area contributed by atoms with Crippen LogP contribution in [0.2, 0.25) is 0 Å². The Morgan fingerprint density at radius 1 is 0.921 bits per heavy atom. The molecule has 196 valence electrons. The van der Waals surface area contributed by atoms with E-state index in [1.807, 2.05) is 45.0 Å². The van der Waals surface area contributed by atoms with Gasteiger partial charge in [-0.25, -0.2) is 0 Å². The lowest BCUT2D eigenvalue weighted by Gasteiger charge is -2.26. The number of hydrogen-bond acceptors (Lipinski definition) is 5. The molecular weight excluding hydrogens is 482 g/mol. The zero-order valence-electron chi connectivity index (χ0n) is 21.7. The third-order valence-corrected chi connectivity index (χ3v) is 6.63. The van der Waals surface area contributed by atoms with Crippen LogP contribution in [0.5, 0.6) is 5.75 Å². The highest BCUT2D eigenvalue weighted by Crippen LogP contribution is 2.42. The summed E-state index contributed by atoms with van der Waals surface area (Å²) in [4.78, 5) is 39.2. The number of aryl methyl sites for hydroxylation is 2.